The van der Waals surface area contributed by atoms with Crippen LogP contribution in [0.5, 0.6) is 0 Å². The van der Waals surface area contributed by atoms with Crippen LogP contribution in [-0.4, -0.2) is 45.8 Å². The molecule has 0 saturated carbocycles. The summed E-state index contributed by atoms with van der Waals surface area (Å²) in [6.07, 6.45) is 1.65. The van der Waals surface area contributed by atoms with Gasteiger partial charge in [-0.1, -0.05) is 13.8 Å². The van der Waals surface area contributed by atoms with Crippen molar-refractivity contribution in [2.75, 3.05) is 18.0 Å². The molecule has 0 spiro atoms. The van der Waals surface area contributed by atoms with Gasteiger partial charge in [-0.15, -0.1) is 0 Å². The Labute approximate surface area is 125 Å². The van der Waals surface area contributed by atoms with Crippen molar-refractivity contribution in [2.24, 2.45) is 0 Å². The first-order valence-electron chi connectivity index (χ1n) is 7.22. The normalized spacial score (nSPS) is 21.6. The first-order chi connectivity index (χ1) is 9.69. The molecule has 1 aromatic rings. The molecule has 6 heteroatoms. The van der Waals surface area contributed by atoms with E-state index in [2.05, 4.69) is 9.97 Å². The van der Waals surface area contributed by atoms with Gasteiger partial charge in [0.2, 0.25) is 0 Å². The molecular weight excluding hydrogens is 270 g/mol. The molecule has 0 bridgehead atoms. The molecule has 0 radical (unpaired) electrons. The number of rotatable bonds is 3. The van der Waals surface area contributed by atoms with Gasteiger partial charge in [0.1, 0.15) is 5.82 Å². The van der Waals surface area contributed by atoms with E-state index in [9.17, 15) is 9.90 Å². The lowest BCUT2D eigenvalue weighted by Crippen LogP contribution is -2.52. The van der Waals surface area contributed by atoms with E-state index in [1.54, 1.807) is 6.20 Å². The summed E-state index contributed by atoms with van der Waals surface area (Å²) in [5.74, 6) is -0.375. The van der Waals surface area contributed by atoms with Gasteiger partial charge in [-0.05, 0) is 20.8 Å². The molecule has 116 valence electrons. The monoisotopic (exact) mass is 293 g/mol. The molecule has 1 aliphatic rings. The molecule has 21 heavy (non-hydrogen) atoms. The maximum atomic E-state index is 11.5. The average molecular weight is 293 g/mol. The molecule has 2 heterocycles. The number of ether oxygens (including phenoxy) is 1. The lowest BCUT2D eigenvalue weighted by atomic mass is 10.0. The third-order valence-corrected chi connectivity index (χ3v) is 3.42. The summed E-state index contributed by atoms with van der Waals surface area (Å²) in [6, 6.07) is 0. The molecule has 1 atom stereocenters. The lowest BCUT2D eigenvalue weighted by molar-refractivity contribution is -0.0750. The SMILES string of the molecule is CC1CN(c2cnc(C(C)C)nc2C(=O)O)CC(C)(C)O1. The van der Waals surface area contributed by atoms with E-state index in [1.165, 1.54) is 0 Å². The second-order valence-corrected chi connectivity index (χ2v) is 6.49. The van der Waals surface area contributed by atoms with E-state index in [0.29, 0.717) is 24.6 Å². The van der Waals surface area contributed by atoms with Crippen LogP contribution in [0.1, 0.15) is 56.8 Å². The van der Waals surface area contributed by atoms with Gasteiger partial charge in [0.05, 0.1) is 23.6 Å². The van der Waals surface area contributed by atoms with Gasteiger partial charge in [0, 0.05) is 19.0 Å². The van der Waals surface area contributed by atoms with Crippen LogP contribution in [0.4, 0.5) is 5.69 Å². The Kier molecular flexibility index (Phi) is 4.18. The number of nitrogens with zero attached hydrogens (tertiary/aromatic N) is 3. The Morgan fingerprint density at radius 2 is 2.19 bits per heavy atom. The number of morpholine rings is 1. The van der Waals surface area contributed by atoms with Crippen LogP contribution in [-0.2, 0) is 4.74 Å². The Hall–Kier alpha value is -1.69. The Balaban J connectivity index is 2.41. The fourth-order valence-corrected chi connectivity index (χ4v) is 2.69. The quantitative estimate of drug-likeness (QED) is 0.921. The zero-order valence-electron chi connectivity index (χ0n) is 13.3. The van der Waals surface area contributed by atoms with E-state index < -0.39 is 5.97 Å². The van der Waals surface area contributed by atoms with Crippen LogP contribution in [0.3, 0.4) is 0 Å². The fraction of sp³-hybridized carbons (Fsp3) is 0.667. The lowest BCUT2D eigenvalue weighted by Gasteiger charge is -2.42. The number of carbonyl (C=O) groups is 1. The summed E-state index contributed by atoms with van der Waals surface area (Å²) in [7, 11) is 0. The number of aromatic nitrogens is 2. The van der Waals surface area contributed by atoms with Crippen LogP contribution < -0.4 is 4.90 Å². The summed E-state index contributed by atoms with van der Waals surface area (Å²) in [4.78, 5) is 22.1. The first kappa shape index (κ1) is 15.7. The number of carboxylic acid groups (broad SMARTS) is 1. The van der Waals surface area contributed by atoms with Crippen molar-refractivity contribution >= 4 is 11.7 Å². The standard InChI is InChI=1S/C15H23N3O3/c1-9(2)13-16-6-11(12(17-13)14(19)20)18-7-10(3)21-15(4,5)8-18/h6,9-10H,7-8H2,1-5H3,(H,19,20). The first-order valence-corrected chi connectivity index (χ1v) is 7.22. The maximum absolute atomic E-state index is 11.5. The third-order valence-electron chi connectivity index (χ3n) is 3.42. The molecule has 0 aliphatic carbocycles. The second-order valence-electron chi connectivity index (χ2n) is 6.49. The zero-order chi connectivity index (χ0) is 15.8. The summed E-state index contributed by atoms with van der Waals surface area (Å²) >= 11 is 0. The summed E-state index contributed by atoms with van der Waals surface area (Å²) in [6.45, 7) is 11.1. The van der Waals surface area contributed by atoms with E-state index in [1.807, 2.05) is 39.5 Å². The number of carboxylic acids is 1. The van der Waals surface area contributed by atoms with Crippen molar-refractivity contribution in [1.82, 2.24) is 9.97 Å². The maximum Gasteiger partial charge on any atom is 0.356 e. The van der Waals surface area contributed by atoms with Crippen molar-refractivity contribution in [3.05, 3.63) is 17.7 Å². The van der Waals surface area contributed by atoms with Gasteiger partial charge in [-0.2, -0.15) is 0 Å². The molecular formula is C15H23N3O3. The van der Waals surface area contributed by atoms with E-state index in [0.717, 1.165) is 0 Å². The van der Waals surface area contributed by atoms with E-state index >= 15 is 0 Å². The topological polar surface area (TPSA) is 75.6 Å². The minimum absolute atomic E-state index is 0.0279. The summed E-state index contributed by atoms with van der Waals surface area (Å²) in [5, 5.41) is 9.45. The molecule has 1 saturated heterocycles. The van der Waals surface area contributed by atoms with Gasteiger partial charge >= 0.3 is 5.97 Å². The Morgan fingerprint density at radius 3 is 2.71 bits per heavy atom. The van der Waals surface area contributed by atoms with Crippen molar-refractivity contribution in [3.63, 3.8) is 0 Å². The fourth-order valence-electron chi connectivity index (χ4n) is 2.69. The smallest absolute Gasteiger partial charge is 0.356 e. The van der Waals surface area contributed by atoms with Crippen molar-refractivity contribution in [1.29, 1.82) is 0 Å². The Morgan fingerprint density at radius 1 is 1.52 bits per heavy atom. The number of hydrogen-bond acceptors (Lipinski definition) is 5. The molecule has 1 unspecified atom stereocenters. The molecule has 1 fully saturated rings. The zero-order valence-corrected chi connectivity index (χ0v) is 13.3. The highest BCUT2D eigenvalue weighted by Crippen LogP contribution is 2.28. The highest BCUT2D eigenvalue weighted by molar-refractivity contribution is 5.92. The molecule has 2 rings (SSSR count). The highest BCUT2D eigenvalue weighted by Gasteiger charge is 2.33. The van der Waals surface area contributed by atoms with Crippen molar-refractivity contribution in [2.45, 2.75) is 52.2 Å². The number of anilines is 1. The van der Waals surface area contributed by atoms with Gasteiger partial charge < -0.3 is 14.7 Å². The van der Waals surface area contributed by atoms with Crippen molar-refractivity contribution < 1.29 is 14.6 Å². The third kappa shape index (κ3) is 3.50. The average Bonchev–Trinajstić information content (AvgIpc) is 2.35. The highest BCUT2D eigenvalue weighted by atomic mass is 16.5. The van der Waals surface area contributed by atoms with Crippen molar-refractivity contribution in [3.8, 4) is 0 Å². The molecule has 1 N–H and O–H groups in total. The predicted octanol–water partition coefficient (Wildman–Crippen LogP) is 2.30. The van der Waals surface area contributed by atoms with E-state index in [4.69, 9.17) is 4.74 Å². The molecule has 0 aromatic carbocycles. The number of aromatic carboxylic acids is 1. The number of hydrogen-bond donors (Lipinski definition) is 1. The summed E-state index contributed by atoms with van der Waals surface area (Å²) in [5.41, 5.74) is 0.304. The second kappa shape index (κ2) is 5.60. The molecule has 1 aliphatic heterocycles. The van der Waals surface area contributed by atoms with Gasteiger partial charge in [0.15, 0.2) is 5.69 Å². The molecule has 6 nitrogen and oxygen atoms in total. The minimum atomic E-state index is -1.02. The predicted molar refractivity (Wildman–Crippen MR) is 79.9 cm³/mol. The van der Waals surface area contributed by atoms with Gasteiger partial charge in [-0.3, -0.25) is 0 Å². The van der Waals surface area contributed by atoms with Crippen LogP contribution in [0.15, 0.2) is 6.20 Å². The summed E-state index contributed by atoms with van der Waals surface area (Å²) < 4.78 is 5.86. The van der Waals surface area contributed by atoms with Crippen LogP contribution in [0.25, 0.3) is 0 Å². The van der Waals surface area contributed by atoms with E-state index in [-0.39, 0.29) is 23.3 Å². The molecule has 0 amide bonds. The minimum Gasteiger partial charge on any atom is -0.476 e. The van der Waals surface area contributed by atoms with Crippen LogP contribution >= 0.6 is 0 Å². The van der Waals surface area contributed by atoms with Crippen LogP contribution in [0, 0.1) is 0 Å². The van der Waals surface area contributed by atoms with Gasteiger partial charge in [-0.25, -0.2) is 14.8 Å². The molecule has 1 aromatic heterocycles. The Bertz CT molecular complexity index is 543. The van der Waals surface area contributed by atoms with Crippen LogP contribution in [0.2, 0.25) is 0 Å². The largest absolute Gasteiger partial charge is 0.476 e. The van der Waals surface area contributed by atoms with Gasteiger partial charge in [0.25, 0.3) is 0 Å².